The predicted molar refractivity (Wildman–Crippen MR) is 129 cm³/mol. The maximum absolute atomic E-state index is 13.9. The lowest BCUT2D eigenvalue weighted by Crippen LogP contribution is -2.43. The molecule has 176 valence electrons. The van der Waals surface area contributed by atoms with Gasteiger partial charge in [0.15, 0.2) is 9.84 Å². The molecule has 0 radical (unpaired) electrons. The standard InChI is InChI=1S/C27H27NO5S/c1-33-27(30)24-17-20(19-34(31,32)23-15-9-4-10-16-23)18-28(24)26(29)25(21-11-5-2-6-12-21)22-13-7-3-8-14-22/h2-16,20,24-25H,17-19H2,1H3. The second-order valence-corrected chi connectivity index (χ2v) is 10.5. The van der Waals surface area contributed by atoms with Gasteiger partial charge in [-0.3, -0.25) is 4.79 Å². The second kappa shape index (κ2) is 10.2. The molecule has 1 saturated heterocycles. The average Bonchev–Trinajstić information content (AvgIpc) is 3.28. The highest BCUT2D eigenvalue weighted by Gasteiger charge is 2.44. The lowest BCUT2D eigenvalue weighted by molar-refractivity contribution is -0.151. The fraction of sp³-hybridized carbons (Fsp3) is 0.259. The molecule has 3 aromatic carbocycles. The Morgan fingerprint density at radius 1 is 0.882 bits per heavy atom. The summed E-state index contributed by atoms with van der Waals surface area (Å²) >= 11 is 0. The molecule has 1 aliphatic rings. The number of carbonyl (C=O) groups is 2. The quantitative estimate of drug-likeness (QED) is 0.485. The van der Waals surface area contributed by atoms with Crippen molar-refractivity contribution >= 4 is 21.7 Å². The third kappa shape index (κ3) is 5.04. The van der Waals surface area contributed by atoms with Crippen molar-refractivity contribution in [2.45, 2.75) is 23.3 Å². The Labute approximate surface area is 200 Å². The zero-order valence-corrected chi connectivity index (χ0v) is 19.7. The number of likely N-dealkylation sites (tertiary alicyclic amines) is 1. The minimum atomic E-state index is -3.56. The summed E-state index contributed by atoms with van der Waals surface area (Å²) in [4.78, 5) is 28.3. The van der Waals surface area contributed by atoms with Crippen LogP contribution in [0.3, 0.4) is 0 Å². The fourth-order valence-electron chi connectivity index (χ4n) is 4.62. The van der Waals surface area contributed by atoms with Gasteiger partial charge in [0.2, 0.25) is 5.91 Å². The monoisotopic (exact) mass is 477 g/mol. The predicted octanol–water partition coefficient (Wildman–Crippen LogP) is 3.68. The zero-order valence-electron chi connectivity index (χ0n) is 18.9. The van der Waals surface area contributed by atoms with Gasteiger partial charge in [-0.25, -0.2) is 13.2 Å². The number of rotatable bonds is 7. The highest BCUT2D eigenvalue weighted by Crippen LogP contribution is 2.33. The maximum Gasteiger partial charge on any atom is 0.328 e. The number of methoxy groups -OCH3 is 1. The highest BCUT2D eigenvalue weighted by atomic mass is 32.2. The number of nitrogens with zero attached hydrogens (tertiary/aromatic N) is 1. The second-order valence-electron chi connectivity index (χ2n) is 8.48. The van der Waals surface area contributed by atoms with Gasteiger partial charge in [0, 0.05) is 6.54 Å². The highest BCUT2D eigenvalue weighted by molar-refractivity contribution is 7.91. The van der Waals surface area contributed by atoms with Crippen molar-refractivity contribution in [1.82, 2.24) is 4.90 Å². The number of ether oxygens (including phenoxy) is 1. The molecule has 3 aromatic rings. The molecular formula is C27H27NO5S. The van der Waals surface area contributed by atoms with E-state index in [2.05, 4.69) is 0 Å². The molecule has 0 saturated carbocycles. The Hall–Kier alpha value is -3.45. The van der Waals surface area contributed by atoms with E-state index in [1.807, 2.05) is 60.7 Å². The van der Waals surface area contributed by atoms with Gasteiger partial charge in [-0.15, -0.1) is 0 Å². The summed E-state index contributed by atoms with van der Waals surface area (Å²) in [5.41, 5.74) is 1.62. The molecule has 7 heteroatoms. The molecule has 0 aromatic heterocycles. The van der Waals surface area contributed by atoms with E-state index in [9.17, 15) is 18.0 Å². The first kappa shape index (κ1) is 23.7. The summed E-state index contributed by atoms with van der Waals surface area (Å²) in [6.07, 6.45) is 0.237. The van der Waals surface area contributed by atoms with Gasteiger partial charge in [0.1, 0.15) is 6.04 Å². The molecule has 2 unspecified atom stereocenters. The molecule has 4 rings (SSSR count). The molecule has 0 N–H and O–H groups in total. The van der Waals surface area contributed by atoms with Crippen LogP contribution in [0.1, 0.15) is 23.5 Å². The lowest BCUT2D eigenvalue weighted by atomic mass is 9.90. The summed E-state index contributed by atoms with van der Waals surface area (Å²) in [6.45, 7) is 0.167. The van der Waals surface area contributed by atoms with E-state index in [-0.39, 0.29) is 35.4 Å². The molecule has 34 heavy (non-hydrogen) atoms. The summed E-state index contributed by atoms with van der Waals surface area (Å²) in [5.74, 6) is -1.92. The number of sulfone groups is 1. The van der Waals surface area contributed by atoms with Crippen LogP contribution in [0.4, 0.5) is 0 Å². The van der Waals surface area contributed by atoms with E-state index in [1.165, 1.54) is 12.0 Å². The van der Waals surface area contributed by atoms with Crippen molar-refractivity contribution in [3.8, 4) is 0 Å². The molecule has 0 aliphatic carbocycles. The Bertz CT molecular complexity index is 1190. The van der Waals surface area contributed by atoms with Crippen LogP contribution in [-0.4, -0.2) is 50.6 Å². The Morgan fingerprint density at radius 3 is 1.88 bits per heavy atom. The lowest BCUT2D eigenvalue weighted by Gasteiger charge is -2.28. The van der Waals surface area contributed by atoms with Crippen LogP contribution in [0.15, 0.2) is 95.9 Å². The van der Waals surface area contributed by atoms with Crippen molar-refractivity contribution in [3.05, 3.63) is 102 Å². The Balaban J connectivity index is 1.65. The number of hydrogen-bond acceptors (Lipinski definition) is 5. The van der Waals surface area contributed by atoms with Gasteiger partial charge in [-0.1, -0.05) is 78.9 Å². The third-order valence-electron chi connectivity index (χ3n) is 6.21. The van der Waals surface area contributed by atoms with Gasteiger partial charge < -0.3 is 9.64 Å². The summed E-state index contributed by atoms with van der Waals surface area (Å²) in [5, 5.41) is 0. The number of amides is 1. The molecule has 6 nitrogen and oxygen atoms in total. The Kier molecular flexibility index (Phi) is 7.12. The van der Waals surface area contributed by atoms with Crippen molar-refractivity contribution in [1.29, 1.82) is 0 Å². The number of hydrogen-bond donors (Lipinski definition) is 0. The average molecular weight is 478 g/mol. The third-order valence-corrected chi connectivity index (χ3v) is 8.11. The van der Waals surface area contributed by atoms with E-state index >= 15 is 0 Å². The normalized spacial score (nSPS) is 18.1. The molecular weight excluding hydrogens is 450 g/mol. The van der Waals surface area contributed by atoms with Gasteiger partial charge in [0.05, 0.1) is 23.7 Å². The first-order valence-electron chi connectivity index (χ1n) is 11.2. The topological polar surface area (TPSA) is 80.8 Å². The van der Waals surface area contributed by atoms with Gasteiger partial charge in [-0.2, -0.15) is 0 Å². The molecule has 1 aliphatic heterocycles. The van der Waals surface area contributed by atoms with E-state index in [1.54, 1.807) is 30.3 Å². The summed E-state index contributed by atoms with van der Waals surface area (Å²) < 4.78 is 30.9. The molecule has 0 spiro atoms. The van der Waals surface area contributed by atoms with Gasteiger partial charge in [-0.05, 0) is 35.6 Å². The summed E-state index contributed by atoms with van der Waals surface area (Å²) in [6, 6.07) is 26.2. The molecule has 2 atom stereocenters. The maximum atomic E-state index is 13.9. The minimum Gasteiger partial charge on any atom is -0.467 e. The zero-order chi connectivity index (χ0) is 24.1. The van der Waals surface area contributed by atoms with E-state index in [4.69, 9.17) is 4.74 Å². The van der Waals surface area contributed by atoms with Crippen LogP contribution in [-0.2, 0) is 24.2 Å². The van der Waals surface area contributed by atoms with Crippen molar-refractivity contribution < 1.29 is 22.7 Å². The van der Waals surface area contributed by atoms with E-state index < -0.39 is 27.8 Å². The first-order valence-corrected chi connectivity index (χ1v) is 12.8. The molecule has 0 bridgehead atoms. The SMILES string of the molecule is COC(=O)C1CC(CS(=O)(=O)c2ccccc2)CN1C(=O)C(c1ccccc1)c1ccccc1. The largest absolute Gasteiger partial charge is 0.467 e. The molecule has 1 fully saturated rings. The van der Waals surface area contributed by atoms with Gasteiger partial charge >= 0.3 is 5.97 Å². The summed E-state index contributed by atoms with van der Waals surface area (Å²) in [7, 11) is -2.28. The van der Waals surface area contributed by atoms with Crippen molar-refractivity contribution in [2.75, 3.05) is 19.4 Å². The van der Waals surface area contributed by atoms with Crippen LogP contribution in [0.2, 0.25) is 0 Å². The smallest absolute Gasteiger partial charge is 0.328 e. The van der Waals surface area contributed by atoms with Crippen molar-refractivity contribution in [3.63, 3.8) is 0 Å². The van der Waals surface area contributed by atoms with Crippen LogP contribution in [0, 0.1) is 5.92 Å². The van der Waals surface area contributed by atoms with Crippen LogP contribution in [0.5, 0.6) is 0 Å². The fourth-order valence-corrected chi connectivity index (χ4v) is 6.24. The van der Waals surface area contributed by atoms with Crippen molar-refractivity contribution in [2.24, 2.45) is 5.92 Å². The number of esters is 1. The molecule has 1 amide bonds. The van der Waals surface area contributed by atoms with E-state index in [0.29, 0.717) is 0 Å². The van der Waals surface area contributed by atoms with Crippen LogP contribution < -0.4 is 0 Å². The number of benzene rings is 3. The van der Waals surface area contributed by atoms with E-state index in [0.717, 1.165) is 11.1 Å². The van der Waals surface area contributed by atoms with Crippen LogP contribution in [0.25, 0.3) is 0 Å². The Morgan fingerprint density at radius 2 is 1.38 bits per heavy atom. The minimum absolute atomic E-state index is 0.143. The van der Waals surface area contributed by atoms with Gasteiger partial charge in [0.25, 0.3) is 0 Å². The van der Waals surface area contributed by atoms with Crippen LogP contribution >= 0.6 is 0 Å². The first-order chi connectivity index (χ1) is 16.4. The number of carbonyl (C=O) groups excluding carboxylic acids is 2. The molecule has 1 heterocycles.